The zero-order chi connectivity index (χ0) is 28.5. The number of benzene rings is 5. The van der Waals surface area contributed by atoms with Crippen molar-refractivity contribution in [3.8, 4) is 16.8 Å². The molecule has 0 fully saturated rings. The molecule has 7 aromatic rings. The van der Waals surface area contributed by atoms with E-state index in [1.54, 1.807) is 12.5 Å². The van der Waals surface area contributed by atoms with Crippen molar-refractivity contribution in [2.24, 2.45) is 0 Å². The Hall–Kier alpha value is -5.00. The highest BCUT2D eigenvalue weighted by molar-refractivity contribution is 7.26. The lowest BCUT2D eigenvalue weighted by atomic mass is 9.76. The van der Waals surface area contributed by atoms with Crippen LogP contribution in [-0.2, 0) is 5.41 Å². The van der Waals surface area contributed by atoms with Crippen LogP contribution in [0.1, 0.15) is 28.5 Å². The molecule has 0 aliphatic rings. The Morgan fingerprint density at radius 1 is 0.786 bits per heavy atom. The van der Waals surface area contributed by atoms with Gasteiger partial charge in [0.15, 0.2) is 0 Å². The van der Waals surface area contributed by atoms with Crippen LogP contribution in [0, 0.1) is 0 Å². The molecule has 0 spiro atoms. The number of imidazole rings is 1. The van der Waals surface area contributed by atoms with Gasteiger partial charge in [-0.05, 0) is 47.4 Å². The van der Waals surface area contributed by atoms with Gasteiger partial charge in [0, 0.05) is 37.8 Å². The molecule has 5 aromatic carbocycles. The maximum atomic E-state index is 13.7. The minimum absolute atomic E-state index is 0.164. The minimum Gasteiger partial charge on any atom is -0.349 e. The summed E-state index contributed by atoms with van der Waals surface area (Å²) >= 11 is 1.82. The number of thiophene rings is 1. The maximum absolute atomic E-state index is 13.7. The van der Waals surface area contributed by atoms with E-state index in [1.165, 1.54) is 25.7 Å². The summed E-state index contributed by atoms with van der Waals surface area (Å²) in [6.07, 6.45) is 3.35. The van der Waals surface area contributed by atoms with E-state index in [2.05, 4.69) is 96.1 Å². The van der Waals surface area contributed by atoms with E-state index < -0.39 is 5.41 Å². The molecule has 0 saturated carbocycles. The number of aromatic nitrogens is 2. The highest BCUT2D eigenvalue weighted by atomic mass is 32.1. The number of carbonyl (C=O) groups is 1. The summed E-state index contributed by atoms with van der Waals surface area (Å²) in [6.45, 7) is 2.62. The van der Waals surface area contributed by atoms with Gasteiger partial charge in [0.05, 0.1) is 12.5 Å². The van der Waals surface area contributed by atoms with Gasteiger partial charge in [-0.2, -0.15) is 0 Å². The summed E-state index contributed by atoms with van der Waals surface area (Å²) in [4.78, 5) is 18.0. The fourth-order valence-corrected chi connectivity index (χ4v) is 7.04. The first-order chi connectivity index (χ1) is 20.6. The van der Waals surface area contributed by atoms with E-state index >= 15 is 0 Å². The fraction of sp³-hybridized carbons (Fsp3) is 0.0811. The van der Waals surface area contributed by atoms with E-state index in [9.17, 15) is 4.79 Å². The predicted molar refractivity (Wildman–Crippen MR) is 174 cm³/mol. The molecule has 1 amide bonds. The third-order valence-electron chi connectivity index (χ3n) is 8.14. The van der Waals surface area contributed by atoms with Crippen LogP contribution in [0.25, 0.3) is 37.0 Å². The van der Waals surface area contributed by atoms with Crippen LogP contribution in [0.2, 0.25) is 0 Å². The van der Waals surface area contributed by atoms with Crippen molar-refractivity contribution in [2.45, 2.75) is 12.3 Å². The van der Waals surface area contributed by atoms with Gasteiger partial charge in [-0.3, -0.25) is 9.36 Å². The van der Waals surface area contributed by atoms with E-state index in [-0.39, 0.29) is 5.91 Å². The Morgan fingerprint density at radius 2 is 1.45 bits per heavy atom. The largest absolute Gasteiger partial charge is 0.349 e. The van der Waals surface area contributed by atoms with Gasteiger partial charge in [0.1, 0.15) is 5.69 Å². The van der Waals surface area contributed by atoms with Gasteiger partial charge in [0.25, 0.3) is 5.91 Å². The van der Waals surface area contributed by atoms with Gasteiger partial charge < -0.3 is 5.32 Å². The maximum Gasteiger partial charge on any atom is 0.269 e. The zero-order valence-electron chi connectivity index (χ0n) is 23.2. The van der Waals surface area contributed by atoms with Gasteiger partial charge in [0.2, 0.25) is 0 Å². The molecule has 0 aliphatic carbocycles. The molecular formula is C37H29N3OS. The van der Waals surface area contributed by atoms with Crippen molar-refractivity contribution in [2.75, 3.05) is 6.54 Å². The molecule has 0 unspecified atom stereocenters. The number of hydrogen-bond acceptors (Lipinski definition) is 3. The van der Waals surface area contributed by atoms with E-state index in [0.29, 0.717) is 12.2 Å². The number of rotatable bonds is 7. The van der Waals surface area contributed by atoms with Gasteiger partial charge in [-0.1, -0.05) is 109 Å². The zero-order valence-corrected chi connectivity index (χ0v) is 24.0. The molecule has 7 rings (SSSR count). The molecule has 0 saturated heterocycles. The lowest BCUT2D eigenvalue weighted by Gasteiger charge is -2.31. The van der Waals surface area contributed by atoms with Crippen LogP contribution in [0.15, 0.2) is 140 Å². The normalized spacial score (nSPS) is 11.6. The van der Waals surface area contributed by atoms with Gasteiger partial charge in [-0.15, -0.1) is 11.3 Å². The number of amides is 1. The van der Waals surface area contributed by atoms with E-state index in [0.717, 1.165) is 22.4 Å². The Balaban J connectivity index is 1.20. The summed E-state index contributed by atoms with van der Waals surface area (Å²) < 4.78 is 4.41. The molecule has 2 heterocycles. The number of carbonyl (C=O) groups excluding carboxylic acids is 1. The third-order valence-corrected chi connectivity index (χ3v) is 9.35. The molecule has 42 heavy (non-hydrogen) atoms. The van der Waals surface area contributed by atoms with Crippen LogP contribution >= 0.6 is 11.3 Å². The Labute approximate surface area is 248 Å². The van der Waals surface area contributed by atoms with Crippen LogP contribution in [0.5, 0.6) is 0 Å². The van der Waals surface area contributed by atoms with Crippen LogP contribution < -0.4 is 5.32 Å². The van der Waals surface area contributed by atoms with E-state index in [1.807, 2.05) is 64.4 Å². The van der Waals surface area contributed by atoms with Crippen molar-refractivity contribution < 1.29 is 4.79 Å². The Bertz CT molecular complexity index is 1990. The summed E-state index contributed by atoms with van der Waals surface area (Å²) in [7, 11) is 0. The van der Waals surface area contributed by atoms with Crippen molar-refractivity contribution in [3.63, 3.8) is 0 Å². The monoisotopic (exact) mass is 563 g/mol. The predicted octanol–water partition coefficient (Wildman–Crippen LogP) is 8.64. The van der Waals surface area contributed by atoms with Gasteiger partial charge in [-0.25, -0.2) is 4.98 Å². The highest BCUT2D eigenvalue weighted by Crippen LogP contribution is 2.40. The SMILES string of the molecule is CC(CNC(=O)c1cncn1-c1cccc(-c2cccc3c2sc2ccccc23)c1)(c1ccccc1)c1ccccc1. The average molecular weight is 564 g/mol. The van der Waals surface area contributed by atoms with Crippen molar-refractivity contribution >= 4 is 37.4 Å². The molecule has 0 atom stereocenters. The lowest BCUT2D eigenvalue weighted by molar-refractivity contribution is 0.0940. The molecule has 1 N–H and O–H groups in total. The molecule has 0 radical (unpaired) electrons. The molecular weight excluding hydrogens is 534 g/mol. The number of fused-ring (bicyclic) bond motifs is 3. The second-order valence-electron chi connectivity index (χ2n) is 10.7. The number of hydrogen-bond donors (Lipinski definition) is 1. The Kier molecular flexibility index (Phi) is 6.65. The van der Waals surface area contributed by atoms with Crippen molar-refractivity contribution in [1.29, 1.82) is 0 Å². The summed E-state index contributed by atoms with van der Waals surface area (Å²) in [5.74, 6) is -0.164. The standard InChI is InChI=1S/C37H29N3OS/c1-37(27-13-4-2-5-14-27,28-15-6-3-7-16-28)24-39-36(41)33-23-38-25-40(33)29-17-10-12-26(22-29)30-19-11-20-32-31-18-8-9-21-34(31)42-35(30)32/h2-23,25H,24H2,1H3,(H,39,41). The van der Waals surface area contributed by atoms with Gasteiger partial charge >= 0.3 is 0 Å². The lowest BCUT2D eigenvalue weighted by Crippen LogP contribution is -2.40. The molecule has 2 aromatic heterocycles. The second kappa shape index (κ2) is 10.8. The van der Waals surface area contributed by atoms with Crippen LogP contribution in [-0.4, -0.2) is 22.0 Å². The fourth-order valence-electron chi connectivity index (χ4n) is 5.80. The average Bonchev–Trinajstić information content (AvgIpc) is 3.70. The number of nitrogens with one attached hydrogen (secondary N) is 1. The molecule has 5 heteroatoms. The van der Waals surface area contributed by atoms with Crippen LogP contribution in [0.4, 0.5) is 0 Å². The van der Waals surface area contributed by atoms with Crippen molar-refractivity contribution in [1.82, 2.24) is 14.9 Å². The van der Waals surface area contributed by atoms with E-state index in [4.69, 9.17) is 0 Å². The smallest absolute Gasteiger partial charge is 0.269 e. The quantitative estimate of drug-likeness (QED) is 0.211. The topological polar surface area (TPSA) is 46.9 Å². The van der Waals surface area contributed by atoms with Crippen molar-refractivity contribution in [3.05, 3.63) is 157 Å². The molecule has 0 aliphatic heterocycles. The summed E-state index contributed by atoms with van der Waals surface area (Å²) in [5, 5.41) is 5.76. The molecule has 4 nitrogen and oxygen atoms in total. The first kappa shape index (κ1) is 25.9. The van der Waals surface area contributed by atoms with Crippen LogP contribution in [0.3, 0.4) is 0 Å². The molecule has 204 valence electrons. The number of nitrogens with zero attached hydrogens (tertiary/aromatic N) is 2. The summed E-state index contributed by atoms with van der Waals surface area (Å²) in [6, 6.07) is 44.0. The third kappa shape index (κ3) is 4.58. The second-order valence-corrected chi connectivity index (χ2v) is 11.8. The first-order valence-corrected chi connectivity index (χ1v) is 14.9. The first-order valence-electron chi connectivity index (χ1n) is 14.0. The Morgan fingerprint density at radius 3 is 2.21 bits per heavy atom. The molecule has 0 bridgehead atoms. The highest BCUT2D eigenvalue weighted by Gasteiger charge is 2.30. The minimum atomic E-state index is -0.397. The summed E-state index contributed by atoms with van der Waals surface area (Å²) in [5.41, 5.74) is 5.57.